The number of guanidine groups is 1. The van der Waals surface area contributed by atoms with Crippen molar-refractivity contribution in [1.82, 2.24) is 25.2 Å². The Morgan fingerprint density at radius 2 is 1.88 bits per heavy atom. The van der Waals surface area contributed by atoms with Gasteiger partial charge in [-0.1, -0.05) is 12.1 Å². The molecule has 2 N–H and O–H groups in total. The van der Waals surface area contributed by atoms with Gasteiger partial charge in [0.25, 0.3) is 0 Å². The van der Waals surface area contributed by atoms with E-state index in [1.807, 2.05) is 54.8 Å². The molecule has 32 heavy (non-hydrogen) atoms. The lowest BCUT2D eigenvalue weighted by molar-refractivity contribution is 0.287. The van der Waals surface area contributed by atoms with Gasteiger partial charge in [0.2, 0.25) is 0 Å². The summed E-state index contributed by atoms with van der Waals surface area (Å²) in [7, 11) is 1.78. The minimum Gasteiger partial charge on any atom is -0.490 e. The zero-order chi connectivity index (χ0) is 22.1. The first kappa shape index (κ1) is 25.7. The van der Waals surface area contributed by atoms with Crippen LogP contribution in [-0.2, 0) is 6.42 Å². The van der Waals surface area contributed by atoms with Crippen molar-refractivity contribution in [1.29, 1.82) is 0 Å². The number of nitrogens with zero attached hydrogens (tertiary/aromatic N) is 4. The second kappa shape index (κ2) is 13.1. The zero-order valence-electron chi connectivity index (χ0n) is 19.2. The van der Waals surface area contributed by atoms with Gasteiger partial charge in [-0.15, -0.1) is 34.2 Å². The largest absolute Gasteiger partial charge is 0.490 e. The predicted molar refractivity (Wildman–Crippen MR) is 138 cm³/mol. The molecule has 3 aromatic rings. The van der Waals surface area contributed by atoms with Crippen LogP contribution in [0, 0.1) is 0 Å². The minimum absolute atomic E-state index is 0. The number of pyridine rings is 1. The fraction of sp³-hybridized carbons (Fsp3) is 0.435. The summed E-state index contributed by atoms with van der Waals surface area (Å²) in [6.07, 6.45) is 3.75. The molecule has 9 heteroatoms. The first-order valence-electron chi connectivity index (χ1n) is 10.8. The average Bonchev–Trinajstić information content (AvgIpc) is 3.20. The molecular weight excluding hydrogens is 519 g/mol. The van der Waals surface area contributed by atoms with E-state index in [-0.39, 0.29) is 30.0 Å². The van der Waals surface area contributed by atoms with Gasteiger partial charge in [0.15, 0.2) is 23.1 Å². The monoisotopic (exact) mass is 552 g/mol. The molecule has 0 spiro atoms. The van der Waals surface area contributed by atoms with Crippen molar-refractivity contribution < 1.29 is 9.47 Å². The van der Waals surface area contributed by atoms with Crippen molar-refractivity contribution in [3.63, 3.8) is 0 Å². The number of rotatable bonds is 10. The number of ether oxygens (including phenoxy) is 2. The van der Waals surface area contributed by atoms with Crippen molar-refractivity contribution in [2.45, 2.75) is 39.7 Å². The van der Waals surface area contributed by atoms with Crippen LogP contribution in [0.5, 0.6) is 11.5 Å². The fourth-order valence-electron chi connectivity index (χ4n) is 3.33. The van der Waals surface area contributed by atoms with Crippen LogP contribution in [0.25, 0.3) is 5.65 Å². The summed E-state index contributed by atoms with van der Waals surface area (Å²) in [5.41, 5.74) is 1.98. The van der Waals surface area contributed by atoms with E-state index in [0.29, 0.717) is 13.2 Å². The topological polar surface area (TPSA) is 85.1 Å². The molecule has 1 atom stereocenters. The van der Waals surface area contributed by atoms with Gasteiger partial charge in [-0.05, 0) is 57.0 Å². The Bertz CT molecular complexity index is 1010. The molecule has 3 rings (SSSR count). The lowest BCUT2D eigenvalue weighted by Gasteiger charge is -2.20. The van der Waals surface area contributed by atoms with Gasteiger partial charge in [-0.2, -0.15) is 0 Å². The van der Waals surface area contributed by atoms with E-state index in [0.717, 1.165) is 53.9 Å². The molecule has 0 amide bonds. The van der Waals surface area contributed by atoms with Gasteiger partial charge in [-0.3, -0.25) is 9.39 Å². The molecule has 0 aliphatic carbocycles. The lowest BCUT2D eigenvalue weighted by atomic mass is 10.1. The van der Waals surface area contributed by atoms with Crippen molar-refractivity contribution in [2.24, 2.45) is 4.99 Å². The highest BCUT2D eigenvalue weighted by Crippen LogP contribution is 2.30. The number of hydrogen-bond acceptors (Lipinski definition) is 5. The van der Waals surface area contributed by atoms with Crippen LogP contribution in [0.2, 0.25) is 0 Å². The molecule has 0 saturated carbocycles. The normalized spacial score (nSPS) is 12.2. The van der Waals surface area contributed by atoms with Crippen LogP contribution in [0.1, 0.15) is 44.6 Å². The molecule has 1 unspecified atom stereocenters. The highest BCUT2D eigenvalue weighted by Gasteiger charge is 2.12. The highest BCUT2D eigenvalue weighted by atomic mass is 127. The first-order chi connectivity index (χ1) is 15.2. The molecular formula is C23H33IN6O2. The second-order valence-corrected chi connectivity index (χ2v) is 7.09. The molecule has 0 bridgehead atoms. The zero-order valence-corrected chi connectivity index (χ0v) is 21.5. The third-order valence-electron chi connectivity index (χ3n) is 4.90. The quantitative estimate of drug-likeness (QED) is 0.171. The van der Waals surface area contributed by atoms with Gasteiger partial charge in [0.1, 0.15) is 5.82 Å². The number of aliphatic imine (C=N–C) groups is 1. The lowest BCUT2D eigenvalue weighted by Crippen LogP contribution is -2.39. The molecule has 0 fully saturated rings. The molecule has 0 saturated heterocycles. The Hall–Kier alpha value is -2.56. The van der Waals surface area contributed by atoms with Gasteiger partial charge in [0.05, 0.1) is 19.3 Å². The van der Waals surface area contributed by atoms with Crippen LogP contribution >= 0.6 is 24.0 Å². The summed E-state index contributed by atoms with van der Waals surface area (Å²) in [5.74, 6) is 3.25. The van der Waals surface area contributed by atoms with E-state index >= 15 is 0 Å². The van der Waals surface area contributed by atoms with Crippen molar-refractivity contribution in [2.75, 3.05) is 26.8 Å². The Balaban J connectivity index is 0.00000363. The Morgan fingerprint density at radius 3 is 2.62 bits per heavy atom. The molecule has 2 heterocycles. The number of fused-ring (bicyclic) bond motifs is 1. The van der Waals surface area contributed by atoms with Crippen LogP contribution in [-0.4, -0.2) is 47.4 Å². The SMILES string of the molecule is CCOc1ccc(C(C)NC(=NC)NCCCc2nnc3ccccn23)cc1OCC.I. The van der Waals surface area contributed by atoms with E-state index in [2.05, 4.69) is 38.8 Å². The Kier molecular flexibility index (Phi) is 10.5. The third kappa shape index (κ3) is 6.72. The standard InChI is InChI=1S/C23H32N6O2.HI/c1-5-30-19-13-12-18(16-20(19)31-6-2)17(3)26-23(24-4)25-14-9-11-22-28-27-21-10-7-8-15-29(21)22;/h7-8,10,12-13,15-17H,5-6,9,11,14H2,1-4H3,(H2,24,25,26);1H. The molecule has 1 aromatic carbocycles. The number of aryl methyl sites for hydroxylation is 1. The molecule has 0 aliphatic heterocycles. The number of aromatic nitrogens is 3. The average molecular weight is 552 g/mol. The number of benzene rings is 1. The van der Waals surface area contributed by atoms with Crippen LogP contribution < -0.4 is 20.1 Å². The fourth-order valence-corrected chi connectivity index (χ4v) is 3.33. The number of halogens is 1. The molecule has 0 radical (unpaired) electrons. The maximum atomic E-state index is 5.75. The van der Waals surface area contributed by atoms with E-state index in [4.69, 9.17) is 9.47 Å². The van der Waals surface area contributed by atoms with Crippen molar-refractivity contribution >= 4 is 35.6 Å². The van der Waals surface area contributed by atoms with Gasteiger partial charge >= 0.3 is 0 Å². The Morgan fingerprint density at radius 1 is 1.09 bits per heavy atom. The predicted octanol–water partition coefficient (Wildman–Crippen LogP) is 4.00. The summed E-state index contributed by atoms with van der Waals surface area (Å²) in [5, 5.41) is 15.3. The molecule has 174 valence electrons. The summed E-state index contributed by atoms with van der Waals surface area (Å²) < 4.78 is 13.4. The maximum absolute atomic E-state index is 5.75. The first-order valence-corrected chi connectivity index (χ1v) is 10.8. The van der Waals surface area contributed by atoms with E-state index in [1.54, 1.807) is 7.05 Å². The number of hydrogen-bond donors (Lipinski definition) is 2. The van der Waals surface area contributed by atoms with Gasteiger partial charge < -0.3 is 20.1 Å². The van der Waals surface area contributed by atoms with Crippen molar-refractivity contribution in [3.05, 3.63) is 54.0 Å². The smallest absolute Gasteiger partial charge is 0.191 e. The molecule has 0 aliphatic rings. The van der Waals surface area contributed by atoms with Crippen molar-refractivity contribution in [3.8, 4) is 11.5 Å². The second-order valence-electron chi connectivity index (χ2n) is 7.09. The van der Waals surface area contributed by atoms with E-state index in [1.165, 1.54) is 0 Å². The molecule has 8 nitrogen and oxygen atoms in total. The molecule has 2 aromatic heterocycles. The van der Waals surface area contributed by atoms with Gasteiger partial charge in [0, 0.05) is 26.2 Å². The van der Waals surface area contributed by atoms with Crippen LogP contribution in [0.15, 0.2) is 47.6 Å². The maximum Gasteiger partial charge on any atom is 0.191 e. The summed E-state index contributed by atoms with van der Waals surface area (Å²) in [6.45, 7) is 8.01. The Labute approximate surface area is 206 Å². The number of nitrogens with one attached hydrogen (secondary N) is 2. The minimum atomic E-state index is 0. The summed E-state index contributed by atoms with van der Waals surface area (Å²) >= 11 is 0. The summed E-state index contributed by atoms with van der Waals surface area (Å²) in [6, 6.07) is 12.0. The van der Waals surface area contributed by atoms with Gasteiger partial charge in [-0.25, -0.2) is 0 Å². The van der Waals surface area contributed by atoms with Crippen LogP contribution in [0.4, 0.5) is 0 Å². The highest BCUT2D eigenvalue weighted by molar-refractivity contribution is 14.0. The van der Waals surface area contributed by atoms with E-state index < -0.39 is 0 Å². The van der Waals surface area contributed by atoms with Crippen LogP contribution in [0.3, 0.4) is 0 Å². The van der Waals surface area contributed by atoms with E-state index in [9.17, 15) is 0 Å². The summed E-state index contributed by atoms with van der Waals surface area (Å²) in [4.78, 5) is 4.35. The third-order valence-corrected chi connectivity index (χ3v) is 4.90.